The van der Waals surface area contributed by atoms with E-state index in [1.165, 1.54) is 0 Å². The van der Waals surface area contributed by atoms with E-state index in [2.05, 4.69) is 4.90 Å². The summed E-state index contributed by atoms with van der Waals surface area (Å²) >= 11 is 0. The molecule has 0 aromatic heterocycles. The monoisotopic (exact) mass is 297 g/mol. The Bertz CT molecular complexity index is 436. The summed E-state index contributed by atoms with van der Waals surface area (Å²) in [6.45, 7) is 6.41. The van der Waals surface area contributed by atoms with Crippen molar-refractivity contribution in [3.8, 4) is 0 Å². The zero-order valence-corrected chi connectivity index (χ0v) is 13.2. The minimum absolute atomic E-state index is 0.286. The van der Waals surface area contributed by atoms with Crippen LogP contribution in [0.4, 0.5) is 0 Å². The Morgan fingerprint density at radius 1 is 1.10 bits per heavy atom. The molecule has 1 unspecified atom stereocenters. The van der Waals surface area contributed by atoms with Crippen molar-refractivity contribution < 1.29 is 13.6 Å². The van der Waals surface area contributed by atoms with E-state index in [1.807, 2.05) is 44.2 Å². The molecular weight excluding hydrogens is 273 g/mol. The third kappa shape index (κ3) is 3.50. The molecule has 1 heterocycles. The van der Waals surface area contributed by atoms with Crippen LogP contribution < -0.4 is 0 Å². The van der Waals surface area contributed by atoms with E-state index in [9.17, 15) is 4.57 Å². The van der Waals surface area contributed by atoms with E-state index < -0.39 is 7.60 Å². The Kier molecular flexibility index (Phi) is 5.79. The van der Waals surface area contributed by atoms with Crippen LogP contribution in [0.25, 0.3) is 0 Å². The van der Waals surface area contributed by atoms with Crippen LogP contribution in [0, 0.1) is 0 Å². The first-order valence-electron chi connectivity index (χ1n) is 7.39. The van der Waals surface area contributed by atoms with E-state index in [1.54, 1.807) is 0 Å². The van der Waals surface area contributed by atoms with Crippen molar-refractivity contribution in [3.05, 3.63) is 35.9 Å². The topological polar surface area (TPSA) is 38.8 Å². The normalized spacial score (nSPS) is 18.3. The van der Waals surface area contributed by atoms with Gasteiger partial charge in [0.1, 0.15) is 5.78 Å². The molecular formula is C15H24NO3P. The molecule has 1 aromatic rings. The highest BCUT2D eigenvalue weighted by Gasteiger charge is 2.41. The molecule has 0 N–H and O–H groups in total. The Morgan fingerprint density at radius 3 is 2.15 bits per heavy atom. The van der Waals surface area contributed by atoms with Crippen molar-refractivity contribution in [3.63, 3.8) is 0 Å². The van der Waals surface area contributed by atoms with Gasteiger partial charge in [-0.2, -0.15) is 0 Å². The van der Waals surface area contributed by atoms with Gasteiger partial charge in [-0.15, -0.1) is 0 Å². The average molecular weight is 297 g/mol. The van der Waals surface area contributed by atoms with Gasteiger partial charge in [-0.25, -0.2) is 0 Å². The lowest BCUT2D eigenvalue weighted by molar-refractivity contribution is 0.176. The maximum absolute atomic E-state index is 13.2. The lowest BCUT2D eigenvalue weighted by Crippen LogP contribution is -2.27. The fourth-order valence-electron chi connectivity index (χ4n) is 2.74. The molecule has 1 fully saturated rings. The number of benzene rings is 1. The van der Waals surface area contributed by atoms with E-state index in [-0.39, 0.29) is 5.78 Å². The molecule has 1 aliphatic rings. The third-order valence-corrected chi connectivity index (χ3v) is 5.96. The zero-order valence-electron chi connectivity index (χ0n) is 12.3. The second-order valence-electron chi connectivity index (χ2n) is 4.90. The van der Waals surface area contributed by atoms with Crippen molar-refractivity contribution in [2.45, 2.75) is 32.5 Å². The molecule has 0 saturated carbocycles. The highest BCUT2D eigenvalue weighted by atomic mass is 31.2. The van der Waals surface area contributed by atoms with Crippen LogP contribution in [0.15, 0.2) is 30.3 Å². The van der Waals surface area contributed by atoms with Crippen LogP contribution in [0.3, 0.4) is 0 Å². The maximum Gasteiger partial charge on any atom is 0.352 e. The summed E-state index contributed by atoms with van der Waals surface area (Å²) in [6, 6.07) is 9.93. The molecule has 2 rings (SSSR count). The Morgan fingerprint density at radius 2 is 1.65 bits per heavy atom. The van der Waals surface area contributed by atoms with Gasteiger partial charge < -0.3 is 9.05 Å². The Balaban J connectivity index is 2.36. The molecule has 1 aliphatic heterocycles. The summed E-state index contributed by atoms with van der Waals surface area (Å²) < 4.78 is 24.4. The molecule has 0 radical (unpaired) electrons. The molecule has 0 amide bonds. The van der Waals surface area contributed by atoms with Crippen molar-refractivity contribution >= 4 is 7.60 Å². The second kappa shape index (κ2) is 7.37. The van der Waals surface area contributed by atoms with Crippen LogP contribution >= 0.6 is 7.60 Å². The molecule has 1 saturated heterocycles. The minimum atomic E-state index is -3.17. The first-order chi connectivity index (χ1) is 9.71. The molecule has 0 bridgehead atoms. The van der Waals surface area contributed by atoms with Crippen molar-refractivity contribution in [1.29, 1.82) is 0 Å². The summed E-state index contributed by atoms with van der Waals surface area (Å²) in [5.41, 5.74) is 1.01. The van der Waals surface area contributed by atoms with Crippen LogP contribution in [0.5, 0.6) is 0 Å². The Labute approximate surface area is 121 Å². The standard InChI is InChI=1S/C15H24NO3P/c1-3-18-20(17,19-4-2)15(16-12-8-9-13-16)14-10-6-5-7-11-14/h5-7,10-11,15H,3-4,8-9,12-13H2,1-2H3. The molecule has 5 heteroatoms. The summed E-state index contributed by atoms with van der Waals surface area (Å²) in [5, 5.41) is 0. The van der Waals surface area contributed by atoms with Crippen LogP contribution in [0.1, 0.15) is 38.0 Å². The fraction of sp³-hybridized carbons (Fsp3) is 0.600. The molecule has 1 atom stereocenters. The van der Waals surface area contributed by atoms with Crippen LogP contribution in [-0.2, 0) is 13.6 Å². The molecule has 0 aliphatic carbocycles. The van der Waals surface area contributed by atoms with Gasteiger partial charge in [0.05, 0.1) is 13.2 Å². The van der Waals surface area contributed by atoms with Gasteiger partial charge in [-0.05, 0) is 45.3 Å². The van der Waals surface area contributed by atoms with Gasteiger partial charge in [-0.1, -0.05) is 30.3 Å². The number of hydrogen-bond acceptors (Lipinski definition) is 4. The Hall–Kier alpha value is -0.670. The molecule has 4 nitrogen and oxygen atoms in total. The average Bonchev–Trinajstić information content (AvgIpc) is 2.94. The molecule has 1 aromatic carbocycles. The minimum Gasteiger partial charge on any atom is -0.308 e. The summed E-state index contributed by atoms with van der Waals surface area (Å²) in [4.78, 5) is 2.24. The number of nitrogens with zero attached hydrogens (tertiary/aromatic N) is 1. The summed E-state index contributed by atoms with van der Waals surface area (Å²) in [5.74, 6) is -0.286. The third-order valence-electron chi connectivity index (χ3n) is 3.50. The first-order valence-corrected chi connectivity index (χ1v) is 9.00. The fourth-order valence-corrected chi connectivity index (χ4v) is 4.99. The van der Waals surface area contributed by atoms with Crippen molar-refractivity contribution in [2.75, 3.05) is 26.3 Å². The lowest BCUT2D eigenvalue weighted by atomic mass is 10.2. The lowest BCUT2D eigenvalue weighted by Gasteiger charge is -2.33. The zero-order chi connectivity index (χ0) is 14.4. The predicted octanol–water partition coefficient (Wildman–Crippen LogP) is 4.05. The summed E-state index contributed by atoms with van der Waals surface area (Å²) in [6.07, 6.45) is 2.28. The largest absolute Gasteiger partial charge is 0.352 e. The van der Waals surface area contributed by atoms with Gasteiger partial charge >= 0.3 is 7.60 Å². The predicted molar refractivity (Wildman–Crippen MR) is 80.8 cm³/mol. The maximum atomic E-state index is 13.2. The highest BCUT2D eigenvalue weighted by molar-refractivity contribution is 7.54. The molecule has 20 heavy (non-hydrogen) atoms. The number of rotatable bonds is 7. The summed E-state index contributed by atoms with van der Waals surface area (Å²) in [7, 11) is -3.17. The molecule has 112 valence electrons. The van der Waals surface area contributed by atoms with Crippen LogP contribution in [0.2, 0.25) is 0 Å². The van der Waals surface area contributed by atoms with Gasteiger partial charge in [-0.3, -0.25) is 9.46 Å². The number of hydrogen-bond donors (Lipinski definition) is 0. The van der Waals surface area contributed by atoms with Crippen molar-refractivity contribution in [2.24, 2.45) is 0 Å². The van der Waals surface area contributed by atoms with Gasteiger partial charge in [0.2, 0.25) is 0 Å². The van der Waals surface area contributed by atoms with Crippen molar-refractivity contribution in [1.82, 2.24) is 4.90 Å². The van der Waals surface area contributed by atoms with E-state index >= 15 is 0 Å². The van der Waals surface area contributed by atoms with Gasteiger partial charge in [0, 0.05) is 0 Å². The van der Waals surface area contributed by atoms with E-state index in [0.717, 1.165) is 31.5 Å². The van der Waals surface area contributed by atoms with Gasteiger partial charge in [0.15, 0.2) is 0 Å². The second-order valence-corrected chi connectivity index (χ2v) is 6.99. The van der Waals surface area contributed by atoms with Crippen LogP contribution in [-0.4, -0.2) is 31.2 Å². The SMILES string of the molecule is CCOP(=O)(OCC)C(c1ccccc1)N1CCCC1. The van der Waals surface area contributed by atoms with E-state index in [0.29, 0.717) is 13.2 Å². The first kappa shape index (κ1) is 15.7. The number of likely N-dealkylation sites (tertiary alicyclic amines) is 1. The van der Waals surface area contributed by atoms with E-state index in [4.69, 9.17) is 9.05 Å². The smallest absolute Gasteiger partial charge is 0.308 e. The highest BCUT2D eigenvalue weighted by Crippen LogP contribution is 2.62. The quantitative estimate of drug-likeness (QED) is 0.712. The van der Waals surface area contributed by atoms with Gasteiger partial charge in [0.25, 0.3) is 0 Å². The molecule has 0 spiro atoms.